The normalized spacial score (nSPS) is 13.4. The molecule has 0 fully saturated rings. The summed E-state index contributed by atoms with van der Waals surface area (Å²) in [6.07, 6.45) is 1.47. The number of amides is 1. The molecule has 1 atom stereocenters. The number of nitrogens with two attached hydrogens (primary N) is 1. The van der Waals surface area contributed by atoms with Crippen molar-refractivity contribution in [2.24, 2.45) is 5.73 Å². The van der Waals surface area contributed by atoms with Crippen molar-refractivity contribution in [2.45, 2.75) is 12.5 Å². The SMILES string of the molecule is C=CCN(CC(=O)O)C(=O)C(C)(N)c1ccccc1. The summed E-state index contributed by atoms with van der Waals surface area (Å²) in [7, 11) is 0. The zero-order chi connectivity index (χ0) is 14.5. The molecule has 0 saturated carbocycles. The van der Waals surface area contributed by atoms with E-state index in [4.69, 9.17) is 10.8 Å². The summed E-state index contributed by atoms with van der Waals surface area (Å²) in [6.45, 7) is 4.83. The molecule has 0 bridgehead atoms. The van der Waals surface area contributed by atoms with Gasteiger partial charge in [0, 0.05) is 6.54 Å². The first-order valence-corrected chi connectivity index (χ1v) is 5.86. The van der Waals surface area contributed by atoms with Crippen molar-refractivity contribution in [2.75, 3.05) is 13.1 Å². The topological polar surface area (TPSA) is 83.6 Å². The molecule has 1 aromatic carbocycles. The predicted molar refractivity (Wildman–Crippen MR) is 72.4 cm³/mol. The summed E-state index contributed by atoms with van der Waals surface area (Å²) in [4.78, 5) is 24.3. The molecule has 0 aliphatic heterocycles. The van der Waals surface area contributed by atoms with E-state index >= 15 is 0 Å². The molecule has 1 amide bonds. The van der Waals surface area contributed by atoms with Gasteiger partial charge < -0.3 is 15.7 Å². The highest BCUT2D eigenvalue weighted by Crippen LogP contribution is 2.20. The van der Waals surface area contributed by atoms with Gasteiger partial charge in [-0.1, -0.05) is 36.4 Å². The van der Waals surface area contributed by atoms with Crippen molar-refractivity contribution >= 4 is 11.9 Å². The fraction of sp³-hybridized carbons (Fsp3) is 0.286. The van der Waals surface area contributed by atoms with Crippen LogP contribution in [-0.2, 0) is 15.1 Å². The van der Waals surface area contributed by atoms with Crippen LogP contribution in [-0.4, -0.2) is 35.0 Å². The molecule has 0 radical (unpaired) electrons. The van der Waals surface area contributed by atoms with Crippen LogP contribution < -0.4 is 5.73 Å². The van der Waals surface area contributed by atoms with Gasteiger partial charge in [-0.25, -0.2) is 0 Å². The number of carbonyl (C=O) groups excluding carboxylic acids is 1. The molecule has 19 heavy (non-hydrogen) atoms. The number of nitrogens with zero attached hydrogens (tertiary/aromatic N) is 1. The van der Waals surface area contributed by atoms with Gasteiger partial charge in [0.2, 0.25) is 5.91 Å². The second-order valence-corrected chi connectivity index (χ2v) is 4.44. The second kappa shape index (κ2) is 6.15. The number of hydrogen-bond acceptors (Lipinski definition) is 3. The molecule has 5 nitrogen and oxygen atoms in total. The molecular formula is C14H18N2O3. The van der Waals surface area contributed by atoms with E-state index in [0.717, 1.165) is 0 Å². The Labute approximate surface area is 112 Å². The highest BCUT2D eigenvalue weighted by Gasteiger charge is 2.34. The van der Waals surface area contributed by atoms with Gasteiger partial charge in [0.1, 0.15) is 12.1 Å². The van der Waals surface area contributed by atoms with E-state index in [1.165, 1.54) is 11.0 Å². The van der Waals surface area contributed by atoms with E-state index in [1.54, 1.807) is 31.2 Å². The number of carbonyl (C=O) groups is 2. The number of carboxylic acids is 1. The lowest BCUT2D eigenvalue weighted by molar-refractivity contribution is -0.146. The molecule has 102 valence electrons. The van der Waals surface area contributed by atoms with E-state index in [-0.39, 0.29) is 6.54 Å². The number of carboxylic acid groups (broad SMARTS) is 1. The second-order valence-electron chi connectivity index (χ2n) is 4.44. The average Bonchev–Trinajstić information content (AvgIpc) is 2.38. The van der Waals surface area contributed by atoms with Crippen molar-refractivity contribution in [3.63, 3.8) is 0 Å². The van der Waals surface area contributed by atoms with E-state index in [9.17, 15) is 9.59 Å². The van der Waals surface area contributed by atoms with Crippen molar-refractivity contribution in [1.29, 1.82) is 0 Å². The van der Waals surface area contributed by atoms with Crippen LogP contribution in [0.4, 0.5) is 0 Å². The molecule has 0 aromatic heterocycles. The largest absolute Gasteiger partial charge is 0.480 e. The number of benzene rings is 1. The third-order valence-electron chi connectivity index (χ3n) is 2.78. The van der Waals surface area contributed by atoms with Gasteiger partial charge in [0.15, 0.2) is 0 Å². The third kappa shape index (κ3) is 3.66. The van der Waals surface area contributed by atoms with Crippen LogP contribution in [0.25, 0.3) is 0 Å². The zero-order valence-corrected chi connectivity index (χ0v) is 10.9. The number of hydrogen-bond donors (Lipinski definition) is 2. The molecular weight excluding hydrogens is 244 g/mol. The van der Waals surface area contributed by atoms with Gasteiger partial charge in [-0.2, -0.15) is 0 Å². The maximum absolute atomic E-state index is 12.4. The minimum atomic E-state index is -1.26. The maximum atomic E-state index is 12.4. The molecule has 5 heteroatoms. The van der Waals surface area contributed by atoms with Crippen LogP contribution in [0.5, 0.6) is 0 Å². The quantitative estimate of drug-likeness (QED) is 0.748. The Morgan fingerprint density at radius 2 is 2.00 bits per heavy atom. The third-order valence-corrected chi connectivity index (χ3v) is 2.78. The Morgan fingerprint density at radius 3 is 2.47 bits per heavy atom. The van der Waals surface area contributed by atoms with Gasteiger partial charge in [0.25, 0.3) is 0 Å². The van der Waals surface area contributed by atoms with Gasteiger partial charge in [-0.3, -0.25) is 9.59 Å². The van der Waals surface area contributed by atoms with Crippen molar-refractivity contribution in [3.05, 3.63) is 48.6 Å². The van der Waals surface area contributed by atoms with E-state index < -0.39 is 24.0 Å². The van der Waals surface area contributed by atoms with Crippen LogP contribution in [0.2, 0.25) is 0 Å². The average molecular weight is 262 g/mol. The van der Waals surface area contributed by atoms with Gasteiger partial charge in [0.05, 0.1) is 0 Å². The molecule has 1 rings (SSSR count). The van der Waals surface area contributed by atoms with Gasteiger partial charge in [-0.15, -0.1) is 6.58 Å². The molecule has 3 N–H and O–H groups in total. The summed E-state index contributed by atoms with van der Waals surface area (Å²) < 4.78 is 0. The monoisotopic (exact) mass is 262 g/mol. The molecule has 1 aromatic rings. The van der Waals surface area contributed by atoms with Crippen molar-refractivity contribution < 1.29 is 14.7 Å². The highest BCUT2D eigenvalue weighted by atomic mass is 16.4. The standard InChI is InChI=1S/C14H18N2O3/c1-3-9-16(10-12(17)18)13(19)14(2,15)11-7-5-4-6-8-11/h3-8H,1,9-10,15H2,2H3,(H,17,18). The Bertz CT molecular complexity index is 469. The predicted octanol–water partition coefficient (Wildman–Crippen LogP) is 0.960. The Morgan fingerprint density at radius 1 is 1.42 bits per heavy atom. The molecule has 0 aliphatic carbocycles. The molecule has 0 spiro atoms. The summed E-state index contributed by atoms with van der Waals surface area (Å²) in [6, 6.07) is 8.86. The van der Waals surface area contributed by atoms with Crippen molar-refractivity contribution in [1.82, 2.24) is 4.90 Å². The van der Waals surface area contributed by atoms with E-state index in [2.05, 4.69) is 6.58 Å². The van der Waals surface area contributed by atoms with Crippen LogP contribution in [0.15, 0.2) is 43.0 Å². The first-order chi connectivity index (χ1) is 8.89. The zero-order valence-electron chi connectivity index (χ0n) is 10.9. The summed E-state index contributed by atoms with van der Waals surface area (Å²) in [5.74, 6) is -1.53. The van der Waals surface area contributed by atoms with E-state index in [1.807, 2.05) is 6.07 Å². The lowest BCUT2D eigenvalue weighted by Crippen LogP contribution is -2.52. The Hall–Kier alpha value is -2.14. The summed E-state index contributed by atoms with van der Waals surface area (Å²) >= 11 is 0. The summed E-state index contributed by atoms with van der Waals surface area (Å²) in [5.41, 5.74) is 5.44. The molecule has 0 saturated heterocycles. The minimum Gasteiger partial charge on any atom is -0.480 e. The fourth-order valence-corrected chi connectivity index (χ4v) is 1.77. The number of aliphatic carboxylic acids is 1. The van der Waals surface area contributed by atoms with Crippen LogP contribution in [0.3, 0.4) is 0 Å². The lowest BCUT2D eigenvalue weighted by Gasteiger charge is -2.30. The minimum absolute atomic E-state index is 0.144. The van der Waals surface area contributed by atoms with Crippen molar-refractivity contribution in [3.8, 4) is 0 Å². The lowest BCUT2D eigenvalue weighted by atomic mass is 9.91. The summed E-state index contributed by atoms with van der Waals surface area (Å²) in [5, 5.41) is 8.83. The smallest absolute Gasteiger partial charge is 0.323 e. The first-order valence-electron chi connectivity index (χ1n) is 5.86. The molecule has 1 unspecified atom stereocenters. The van der Waals surface area contributed by atoms with Gasteiger partial charge >= 0.3 is 5.97 Å². The Kier molecular flexibility index (Phi) is 4.83. The van der Waals surface area contributed by atoms with Crippen LogP contribution in [0.1, 0.15) is 12.5 Å². The number of rotatable bonds is 6. The molecule has 0 heterocycles. The van der Waals surface area contributed by atoms with Crippen LogP contribution in [0, 0.1) is 0 Å². The highest BCUT2D eigenvalue weighted by molar-refractivity contribution is 5.89. The Balaban J connectivity index is 3.00. The van der Waals surface area contributed by atoms with Gasteiger partial charge in [-0.05, 0) is 12.5 Å². The fourth-order valence-electron chi connectivity index (χ4n) is 1.77. The van der Waals surface area contributed by atoms with E-state index in [0.29, 0.717) is 5.56 Å². The maximum Gasteiger partial charge on any atom is 0.323 e. The first kappa shape index (κ1) is 14.9. The van der Waals surface area contributed by atoms with Crippen LogP contribution >= 0.6 is 0 Å². The molecule has 0 aliphatic rings.